The molecule has 0 radical (unpaired) electrons. The van der Waals surface area contributed by atoms with Gasteiger partial charge in [0.2, 0.25) is 0 Å². The summed E-state index contributed by atoms with van der Waals surface area (Å²) in [5.74, 6) is 2.29. The van der Waals surface area contributed by atoms with E-state index >= 15 is 0 Å². The van der Waals surface area contributed by atoms with Gasteiger partial charge in [-0.25, -0.2) is 0 Å². The van der Waals surface area contributed by atoms with Crippen LogP contribution in [0.5, 0.6) is 0 Å². The van der Waals surface area contributed by atoms with Crippen molar-refractivity contribution in [3.05, 3.63) is 0 Å². The van der Waals surface area contributed by atoms with Crippen LogP contribution in [-0.2, 0) is 4.79 Å². The number of carboxylic acids is 1. The smallest absolute Gasteiger partial charge is 0.306 e. The first-order valence-electron chi connectivity index (χ1n) is 8.70. The number of carboxylic acid groups (broad SMARTS) is 1. The van der Waals surface area contributed by atoms with E-state index in [1.54, 1.807) is 0 Å². The van der Waals surface area contributed by atoms with Gasteiger partial charge in [0.05, 0.1) is 5.92 Å². The lowest BCUT2D eigenvalue weighted by Crippen LogP contribution is -2.36. The normalized spacial score (nSPS) is 38.6. The first-order chi connectivity index (χ1) is 9.74. The maximum Gasteiger partial charge on any atom is 0.306 e. The maximum atomic E-state index is 10.9. The van der Waals surface area contributed by atoms with Gasteiger partial charge < -0.3 is 10.4 Å². The topological polar surface area (TPSA) is 49.3 Å². The van der Waals surface area contributed by atoms with Crippen LogP contribution in [0.2, 0.25) is 0 Å². The minimum atomic E-state index is -0.594. The van der Waals surface area contributed by atoms with Gasteiger partial charge in [0.1, 0.15) is 0 Å². The van der Waals surface area contributed by atoms with Gasteiger partial charge >= 0.3 is 5.97 Å². The first kappa shape index (κ1) is 14.4. The second-order valence-corrected chi connectivity index (χ2v) is 7.35. The standard InChI is InChI=1S/C17H29NO2/c19-17(20)13-6-8-15(9-7-13)18-11-14-10-16(14)12-4-2-1-3-5-12/h12-16,18H,1-11H2,(H,19,20)/t13?,14-,15?,16-/m0/s1. The molecule has 20 heavy (non-hydrogen) atoms. The molecule has 0 aromatic carbocycles. The zero-order chi connectivity index (χ0) is 13.9. The second kappa shape index (κ2) is 6.46. The van der Waals surface area contributed by atoms with Crippen molar-refractivity contribution in [3.8, 4) is 0 Å². The van der Waals surface area contributed by atoms with Gasteiger partial charge in [-0.3, -0.25) is 4.79 Å². The van der Waals surface area contributed by atoms with E-state index in [1.165, 1.54) is 45.1 Å². The second-order valence-electron chi connectivity index (χ2n) is 7.35. The van der Waals surface area contributed by atoms with Crippen LogP contribution in [0.4, 0.5) is 0 Å². The molecule has 0 amide bonds. The minimum absolute atomic E-state index is 0.0797. The number of nitrogens with one attached hydrogen (secondary N) is 1. The molecule has 0 bridgehead atoms. The van der Waals surface area contributed by atoms with Crippen LogP contribution in [0.25, 0.3) is 0 Å². The zero-order valence-corrected chi connectivity index (χ0v) is 12.5. The molecule has 3 heteroatoms. The summed E-state index contributed by atoms with van der Waals surface area (Å²) in [6.07, 6.45) is 12.6. The monoisotopic (exact) mass is 279 g/mol. The summed E-state index contributed by atoms with van der Waals surface area (Å²) in [6.45, 7) is 1.18. The van der Waals surface area contributed by atoms with E-state index in [-0.39, 0.29) is 5.92 Å². The van der Waals surface area contributed by atoms with E-state index in [0.717, 1.165) is 43.4 Å². The van der Waals surface area contributed by atoms with Crippen molar-refractivity contribution in [1.29, 1.82) is 0 Å². The highest BCUT2D eigenvalue weighted by molar-refractivity contribution is 5.70. The molecule has 3 aliphatic carbocycles. The highest BCUT2D eigenvalue weighted by Gasteiger charge is 2.42. The van der Waals surface area contributed by atoms with Gasteiger partial charge in [-0.15, -0.1) is 0 Å². The van der Waals surface area contributed by atoms with Crippen molar-refractivity contribution < 1.29 is 9.90 Å². The zero-order valence-electron chi connectivity index (χ0n) is 12.5. The van der Waals surface area contributed by atoms with Crippen LogP contribution >= 0.6 is 0 Å². The van der Waals surface area contributed by atoms with Gasteiger partial charge in [0.15, 0.2) is 0 Å². The molecule has 0 unspecified atom stereocenters. The Morgan fingerprint density at radius 2 is 1.70 bits per heavy atom. The van der Waals surface area contributed by atoms with Gasteiger partial charge in [0.25, 0.3) is 0 Å². The summed E-state index contributed by atoms with van der Waals surface area (Å²) in [4.78, 5) is 10.9. The third-order valence-corrected chi connectivity index (χ3v) is 5.98. The largest absolute Gasteiger partial charge is 0.481 e. The fourth-order valence-electron chi connectivity index (χ4n) is 4.51. The van der Waals surface area contributed by atoms with Crippen LogP contribution in [0, 0.1) is 23.7 Å². The van der Waals surface area contributed by atoms with Gasteiger partial charge in [-0.1, -0.05) is 32.1 Å². The molecule has 0 saturated heterocycles. The summed E-state index contributed by atoms with van der Waals surface area (Å²) in [6, 6.07) is 0.582. The highest BCUT2D eigenvalue weighted by atomic mass is 16.4. The molecule has 3 aliphatic rings. The molecule has 0 aliphatic heterocycles. The lowest BCUT2D eigenvalue weighted by Gasteiger charge is -2.27. The van der Waals surface area contributed by atoms with E-state index in [4.69, 9.17) is 5.11 Å². The number of hydrogen-bond acceptors (Lipinski definition) is 2. The van der Waals surface area contributed by atoms with Gasteiger partial charge in [-0.05, 0) is 56.4 Å². The van der Waals surface area contributed by atoms with Crippen molar-refractivity contribution >= 4 is 5.97 Å². The quantitative estimate of drug-likeness (QED) is 0.810. The summed E-state index contributed by atoms with van der Waals surface area (Å²) < 4.78 is 0. The van der Waals surface area contributed by atoms with Crippen molar-refractivity contribution in [3.63, 3.8) is 0 Å². The summed E-state index contributed by atoms with van der Waals surface area (Å²) in [5, 5.41) is 12.7. The van der Waals surface area contributed by atoms with E-state index in [0.29, 0.717) is 6.04 Å². The van der Waals surface area contributed by atoms with Gasteiger partial charge in [0, 0.05) is 6.04 Å². The minimum Gasteiger partial charge on any atom is -0.481 e. The third-order valence-electron chi connectivity index (χ3n) is 5.98. The Labute approximate surface area is 122 Å². The molecule has 3 rings (SSSR count). The Kier molecular flexibility index (Phi) is 4.65. The summed E-state index contributed by atoms with van der Waals surface area (Å²) in [7, 11) is 0. The number of rotatable bonds is 5. The molecular weight excluding hydrogens is 250 g/mol. The van der Waals surface area contributed by atoms with E-state index in [2.05, 4.69) is 5.32 Å². The Balaban J connectivity index is 1.32. The molecular formula is C17H29NO2. The lowest BCUT2D eigenvalue weighted by atomic mass is 9.85. The Bertz CT molecular complexity index is 330. The molecule has 114 valence electrons. The van der Waals surface area contributed by atoms with Crippen LogP contribution in [0.15, 0.2) is 0 Å². The van der Waals surface area contributed by atoms with Crippen LogP contribution in [-0.4, -0.2) is 23.7 Å². The molecule has 3 fully saturated rings. The van der Waals surface area contributed by atoms with Gasteiger partial charge in [-0.2, -0.15) is 0 Å². The summed E-state index contributed by atoms with van der Waals surface area (Å²) >= 11 is 0. The fourth-order valence-corrected chi connectivity index (χ4v) is 4.51. The summed E-state index contributed by atoms with van der Waals surface area (Å²) in [5.41, 5.74) is 0. The van der Waals surface area contributed by atoms with E-state index in [1.807, 2.05) is 0 Å². The maximum absolute atomic E-state index is 10.9. The van der Waals surface area contributed by atoms with E-state index in [9.17, 15) is 4.79 Å². The van der Waals surface area contributed by atoms with Crippen molar-refractivity contribution in [2.75, 3.05) is 6.54 Å². The van der Waals surface area contributed by atoms with Crippen LogP contribution in [0.3, 0.4) is 0 Å². The fraction of sp³-hybridized carbons (Fsp3) is 0.941. The predicted octanol–water partition coefficient (Wildman–Crippen LogP) is 3.44. The Morgan fingerprint density at radius 1 is 1.00 bits per heavy atom. The number of aliphatic carboxylic acids is 1. The van der Waals surface area contributed by atoms with E-state index < -0.39 is 5.97 Å². The SMILES string of the molecule is O=C(O)C1CCC(NC[C@@H]2C[C@H]2C2CCCCC2)CC1. The predicted molar refractivity (Wildman–Crippen MR) is 79.6 cm³/mol. The molecule has 2 atom stereocenters. The average Bonchev–Trinajstić information content (AvgIpc) is 3.26. The third kappa shape index (κ3) is 3.55. The van der Waals surface area contributed by atoms with Crippen molar-refractivity contribution in [2.24, 2.45) is 23.7 Å². The van der Waals surface area contributed by atoms with Crippen molar-refractivity contribution in [1.82, 2.24) is 5.32 Å². The number of hydrogen-bond donors (Lipinski definition) is 2. The number of carbonyl (C=O) groups is 1. The molecule has 0 heterocycles. The molecule has 3 nitrogen and oxygen atoms in total. The molecule has 3 saturated carbocycles. The average molecular weight is 279 g/mol. The van der Waals surface area contributed by atoms with Crippen LogP contribution < -0.4 is 5.32 Å². The first-order valence-corrected chi connectivity index (χ1v) is 8.70. The molecule has 0 spiro atoms. The van der Waals surface area contributed by atoms with Crippen LogP contribution in [0.1, 0.15) is 64.2 Å². The van der Waals surface area contributed by atoms with Crippen molar-refractivity contribution in [2.45, 2.75) is 70.3 Å². The lowest BCUT2D eigenvalue weighted by molar-refractivity contribution is -0.142. The molecule has 0 aromatic heterocycles. The highest BCUT2D eigenvalue weighted by Crippen LogP contribution is 2.49. The Morgan fingerprint density at radius 3 is 2.35 bits per heavy atom. The Hall–Kier alpha value is -0.570. The molecule has 2 N–H and O–H groups in total. The molecule has 0 aromatic rings.